The number of hydrogen-bond donors (Lipinski definition) is 0. The van der Waals surface area contributed by atoms with Crippen molar-refractivity contribution in [3.8, 4) is 89.8 Å². The Labute approximate surface area is 449 Å². The van der Waals surface area contributed by atoms with Crippen molar-refractivity contribution >= 4 is 21.9 Å². The van der Waals surface area contributed by atoms with Crippen LogP contribution >= 0.6 is 0 Å². The molecule has 0 bridgehead atoms. The molecule has 0 fully saturated rings. The van der Waals surface area contributed by atoms with E-state index in [1.54, 1.807) is 0 Å². The summed E-state index contributed by atoms with van der Waals surface area (Å²) >= 11 is 0. The molecule has 0 aliphatic heterocycles. The van der Waals surface area contributed by atoms with Gasteiger partial charge in [0.2, 0.25) is 0 Å². The second kappa shape index (κ2) is 20.2. The second-order valence-corrected chi connectivity index (χ2v) is 20.0. The minimum absolute atomic E-state index is 0.124. The fraction of sp³-hybridized carbons (Fsp3) is 0.0548. The Morgan fingerprint density at radius 1 is 0.260 bits per heavy atom. The number of nitrogens with zero attached hydrogens (tertiary/aromatic N) is 3. The van der Waals surface area contributed by atoms with Crippen LogP contribution in [-0.2, 0) is 0 Å². The summed E-state index contributed by atoms with van der Waals surface area (Å²) in [5.41, 5.74) is 23.6. The summed E-state index contributed by atoms with van der Waals surface area (Å²) in [7, 11) is 0. The van der Waals surface area contributed by atoms with Gasteiger partial charge in [0.1, 0.15) is 11.2 Å². The largest absolute Gasteiger partial charge is 0.456 e. The van der Waals surface area contributed by atoms with Gasteiger partial charge in [-0.1, -0.05) is 224 Å². The molecule has 2 heterocycles. The van der Waals surface area contributed by atoms with Crippen molar-refractivity contribution in [1.82, 2.24) is 15.0 Å². The molecule has 0 saturated carbocycles. The monoisotopic (exact) mass is 987 g/mol. The fourth-order valence-corrected chi connectivity index (χ4v) is 11.2. The summed E-state index contributed by atoms with van der Waals surface area (Å²) < 4.78 is 6.23. The van der Waals surface area contributed by atoms with E-state index in [1.807, 2.05) is 36.4 Å². The van der Waals surface area contributed by atoms with Crippen LogP contribution in [0.5, 0.6) is 0 Å². The van der Waals surface area contributed by atoms with Crippen LogP contribution in [0.15, 0.2) is 265 Å². The minimum Gasteiger partial charge on any atom is -0.456 e. The van der Waals surface area contributed by atoms with Crippen LogP contribution in [0.25, 0.3) is 112 Å². The number of rotatable bonds is 11. The number of furan rings is 1. The van der Waals surface area contributed by atoms with Gasteiger partial charge in [-0.05, 0) is 146 Å². The molecular formula is C73H53N3O. The first-order valence-corrected chi connectivity index (χ1v) is 26.4. The number of hydrogen-bond acceptors (Lipinski definition) is 4. The molecule has 4 nitrogen and oxygen atoms in total. The molecule has 0 aliphatic rings. The molecule has 0 saturated heterocycles. The molecule has 0 unspecified atom stereocenters. The van der Waals surface area contributed by atoms with Crippen molar-refractivity contribution < 1.29 is 4.42 Å². The molecule has 0 amide bonds. The number of benzene rings is 11. The highest BCUT2D eigenvalue weighted by molar-refractivity contribution is 6.06. The second-order valence-electron chi connectivity index (χ2n) is 20.0. The van der Waals surface area contributed by atoms with Gasteiger partial charge in [0.05, 0.1) is 0 Å². The summed E-state index contributed by atoms with van der Waals surface area (Å²) in [5.74, 6) is 1.66. The van der Waals surface area contributed by atoms with E-state index < -0.39 is 0 Å². The lowest BCUT2D eigenvalue weighted by Crippen LogP contribution is -2.09. The lowest BCUT2D eigenvalue weighted by molar-refractivity contribution is 0.669. The number of para-hydroxylation sites is 1. The number of aromatic nitrogens is 3. The number of fused-ring (bicyclic) bond motifs is 3. The van der Waals surface area contributed by atoms with E-state index in [0.29, 0.717) is 17.5 Å². The maximum Gasteiger partial charge on any atom is 0.164 e. The van der Waals surface area contributed by atoms with E-state index in [9.17, 15) is 0 Å². The van der Waals surface area contributed by atoms with Crippen LogP contribution < -0.4 is 0 Å². The van der Waals surface area contributed by atoms with Crippen LogP contribution in [0.3, 0.4) is 0 Å². The lowest BCUT2D eigenvalue weighted by Gasteiger charge is -2.28. The minimum atomic E-state index is -0.124. The molecule has 366 valence electrons. The average molecular weight is 988 g/mol. The topological polar surface area (TPSA) is 51.8 Å². The van der Waals surface area contributed by atoms with Crippen molar-refractivity contribution in [1.29, 1.82) is 0 Å². The molecule has 0 radical (unpaired) electrons. The Balaban J connectivity index is 0.957. The molecule has 77 heavy (non-hydrogen) atoms. The molecule has 13 rings (SSSR count). The highest BCUT2D eigenvalue weighted by Gasteiger charge is 2.28. The highest BCUT2D eigenvalue weighted by atomic mass is 16.3. The van der Waals surface area contributed by atoms with Crippen molar-refractivity contribution in [3.05, 3.63) is 294 Å². The maximum atomic E-state index is 6.23. The summed E-state index contributed by atoms with van der Waals surface area (Å²) in [4.78, 5) is 15.6. The standard InChI is InChI=1S/C73H53N3O/c1-47-20-7-10-27-57(47)60-30-13-15-33-63(60)70(64-34-16-14-31-61(64)58-28-11-8-21-48(58)2)65-42-40-54(45-66(65)59-29-12-9-22-49(59)3)51-36-38-52(39-37-51)71-74-72(55-26-19-25-53(44-55)50-23-5-4-6-24-50)76-73(75-71)56-41-43-69-67(46-56)62-32-17-18-35-68(62)77-69/h4-46,70H,1-3H3. The van der Waals surface area contributed by atoms with Gasteiger partial charge in [-0.15, -0.1) is 0 Å². The van der Waals surface area contributed by atoms with E-state index in [1.165, 1.54) is 66.8 Å². The molecular weight excluding hydrogens is 935 g/mol. The molecule has 0 aliphatic carbocycles. The van der Waals surface area contributed by atoms with Gasteiger partial charge in [-0.25, -0.2) is 15.0 Å². The van der Waals surface area contributed by atoms with Crippen molar-refractivity contribution in [2.75, 3.05) is 0 Å². The molecule has 0 N–H and O–H groups in total. The fourth-order valence-electron chi connectivity index (χ4n) is 11.2. The Morgan fingerprint density at radius 3 is 1.29 bits per heavy atom. The zero-order valence-corrected chi connectivity index (χ0v) is 43.2. The Hall–Kier alpha value is -9.77. The summed E-state index contributed by atoms with van der Waals surface area (Å²) in [6.45, 7) is 6.66. The predicted molar refractivity (Wildman–Crippen MR) is 319 cm³/mol. The zero-order chi connectivity index (χ0) is 51.8. The van der Waals surface area contributed by atoms with E-state index in [0.717, 1.165) is 60.9 Å². The van der Waals surface area contributed by atoms with E-state index >= 15 is 0 Å². The first kappa shape index (κ1) is 47.0. The van der Waals surface area contributed by atoms with Gasteiger partial charge < -0.3 is 4.42 Å². The SMILES string of the molecule is Cc1ccccc1-c1ccccc1C(c1ccccc1-c1ccccc1C)c1ccc(-c2ccc(-c3nc(-c4cccc(-c5ccccc5)c4)nc(-c4ccc5oc6ccccc6c5c4)n3)cc2)cc1-c1ccccc1C. The van der Waals surface area contributed by atoms with Crippen molar-refractivity contribution in [2.45, 2.75) is 26.7 Å². The first-order chi connectivity index (χ1) is 37.9. The van der Waals surface area contributed by atoms with Gasteiger partial charge in [0, 0.05) is 33.4 Å². The maximum absolute atomic E-state index is 6.23. The van der Waals surface area contributed by atoms with Crippen LogP contribution in [-0.4, -0.2) is 15.0 Å². The third kappa shape index (κ3) is 9.00. The van der Waals surface area contributed by atoms with Gasteiger partial charge in [-0.3, -0.25) is 0 Å². The Kier molecular flexibility index (Phi) is 12.3. The highest BCUT2D eigenvalue weighted by Crippen LogP contribution is 2.47. The molecule has 11 aromatic carbocycles. The first-order valence-electron chi connectivity index (χ1n) is 26.4. The quantitative estimate of drug-likeness (QED) is 0.121. The Bertz CT molecular complexity index is 4230. The van der Waals surface area contributed by atoms with Gasteiger partial charge in [0.25, 0.3) is 0 Å². The zero-order valence-electron chi connectivity index (χ0n) is 43.2. The Morgan fingerprint density at radius 2 is 0.662 bits per heavy atom. The van der Waals surface area contributed by atoms with Crippen LogP contribution in [0.1, 0.15) is 39.3 Å². The summed E-state index contributed by atoms with van der Waals surface area (Å²) in [6, 6.07) is 93.3. The molecule has 0 atom stereocenters. The van der Waals surface area contributed by atoms with E-state index in [4.69, 9.17) is 19.4 Å². The number of aryl methyl sites for hydroxylation is 3. The summed E-state index contributed by atoms with van der Waals surface area (Å²) in [6.07, 6.45) is 0. The smallest absolute Gasteiger partial charge is 0.164 e. The van der Waals surface area contributed by atoms with Crippen LogP contribution in [0.2, 0.25) is 0 Å². The molecule has 0 spiro atoms. The third-order valence-electron chi connectivity index (χ3n) is 15.2. The van der Waals surface area contributed by atoms with Gasteiger partial charge >= 0.3 is 0 Å². The van der Waals surface area contributed by atoms with Gasteiger partial charge in [-0.2, -0.15) is 0 Å². The lowest BCUT2D eigenvalue weighted by atomic mass is 9.75. The normalized spacial score (nSPS) is 11.4. The van der Waals surface area contributed by atoms with Crippen molar-refractivity contribution in [3.63, 3.8) is 0 Å². The molecule has 4 heteroatoms. The van der Waals surface area contributed by atoms with Gasteiger partial charge in [0.15, 0.2) is 17.5 Å². The van der Waals surface area contributed by atoms with Crippen LogP contribution in [0, 0.1) is 20.8 Å². The van der Waals surface area contributed by atoms with E-state index in [2.05, 4.69) is 245 Å². The predicted octanol–water partition coefficient (Wildman–Crippen LogP) is 19.2. The third-order valence-corrected chi connectivity index (χ3v) is 15.2. The van der Waals surface area contributed by atoms with Crippen LogP contribution in [0.4, 0.5) is 0 Å². The average Bonchev–Trinajstić information content (AvgIpc) is 3.88. The van der Waals surface area contributed by atoms with E-state index in [-0.39, 0.29) is 5.92 Å². The molecule has 13 aromatic rings. The summed E-state index contributed by atoms with van der Waals surface area (Å²) in [5, 5.41) is 2.07. The molecule has 2 aromatic heterocycles. The van der Waals surface area contributed by atoms with Crippen molar-refractivity contribution in [2.24, 2.45) is 0 Å².